The highest BCUT2D eigenvalue weighted by Crippen LogP contribution is 2.26. The number of carbonyl (C=O) groups excluding carboxylic acids is 1. The van der Waals surface area contributed by atoms with Crippen molar-refractivity contribution in [3.05, 3.63) is 23.9 Å². The Morgan fingerprint density at radius 1 is 1.46 bits per heavy atom. The number of nitrogens with zero attached hydrogens (tertiary/aromatic N) is 6. The molecule has 3 rings (SSSR count). The second-order valence-corrected chi connectivity index (χ2v) is 7.03. The van der Waals surface area contributed by atoms with Crippen LogP contribution in [0.2, 0.25) is 0 Å². The number of aromatic nitrogens is 5. The van der Waals surface area contributed by atoms with E-state index >= 15 is 0 Å². The van der Waals surface area contributed by atoms with E-state index in [0.29, 0.717) is 19.0 Å². The Morgan fingerprint density at radius 3 is 3.04 bits per heavy atom. The first kappa shape index (κ1) is 18.3. The quantitative estimate of drug-likeness (QED) is 0.847. The second-order valence-electron chi connectivity index (χ2n) is 7.03. The summed E-state index contributed by atoms with van der Waals surface area (Å²) >= 11 is 0. The summed E-state index contributed by atoms with van der Waals surface area (Å²) < 4.78 is 7.38. The molecule has 1 saturated heterocycles. The molecule has 0 radical (unpaired) electrons. The number of carbonyl (C=O) groups is 1. The van der Waals surface area contributed by atoms with Crippen LogP contribution in [0.15, 0.2) is 10.9 Å². The largest absolute Gasteiger partial charge is 0.339 e. The van der Waals surface area contributed by atoms with Crippen LogP contribution in [0.5, 0.6) is 0 Å². The van der Waals surface area contributed by atoms with E-state index in [1.807, 2.05) is 23.3 Å². The Bertz CT molecular complexity index is 724. The molecule has 1 atom stereocenters. The Labute approximate surface area is 153 Å². The van der Waals surface area contributed by atoms with Crippen molar-refractivity contribution >= 4 is 6.03 Å². The molecule has 0 spiro atoms. The summed E-state index contributed by atoms with van der Waals surface area (Å²) in [6.45, 7) is 8.71. The van der Waals surface area contributed by atoms with Gasteiger partial charge in [-0.2, -0.15) is 4.98 Å². The van der Waals surface area contributed by atoms with Crippen LogP contribution in [-0.2, 0) is 13.1 Å². The molecule has 3 heterocycles. The Hall–Kier alpha value is -2.45. The zero-order valence-electron chi connectivity index (χ0n) is 15.7. The molecule has 1 fully saturated rings. The zero-order valence-corrected chi connectivity index (χ0v) is 15.7. The molecule has 0 unspecified atom stereocenters. The molecule has 2 aromatic heterocycles. The fourth-order valence-corrected chi connectivity index (χ4v) is 3.12. The zero-order chi connectivity index (χ0) is 18.5. The van der Waals surface area contributed by atoms with E-state index in [0.717, 1.165) is 44.0 Å². The lowest BCUT2D eigenvalue weighted by Gasteiger charge is -2.31. The standard InChI is InChI=1S/C17H27N7O2/c1-4-7-24-11-19-21-14(24)9-18-17(25)23-8-5-6-13(10-23)16-20-15(12(2)3)22-26-16/h11-13H,4-10H2,1-3H3,(H,18,25)/t13-/m1/s1. The smallest absolute Gasteiger partial charge is 0.317 e. The van der Waals surface area contributed by atoms with E-state index < -0.39 is 0 Å². The Balaban J connectivity index is 1.56. The predicted molar refractivity (Wildman–Crippen MR) is 94.5 cm³/mol. The van der Waals surface area contributed by atoms with Gasteiger partial charge in [-0.1, -0.05) is 25.9 Å². The normalized spacial score (nSPS) is 17.7. The average Bonchev–Trinajstić information content (AvgIpc) is 3.30. The summed E-state index contributed by atoms with van der Waals surface area (Å²) in [4.78, 5) is 18.8. The van der Waals surface area contributed by atoms with E-state index in [9.17, 15) is 4.79 Å². The minimum atomic E-state index is -0.0932. The lowest BCUT2D eigenvalue weighted by molar-refractivity contribution is 0.171. The van der Waals surface area contributed by atoms with Crippen molar-refractivity contribution in [2.45, 2.75) is 65.0 Å². The summed E-state index contributed by atoms with van der Waals surface area (Å²) in [5.74, 6) is 2.45. The van der Waals surface area contributed by atoms with Crippen molar-refractivity contribution in [2.24, 2.45) is 0 Å². The maximum atomic E-state index is 12.5. The van der Waals surface area contributed by atoms with E-state index in [-0.39, 0.29) is 17.9 Å². The molecular formula is C17H27N7O2. The molecular weight excluding hydrogens is 334 g/mol. The number of likely N-dealkylation sites (tertiary alicyclic amines) is 1. The first-order chi connectivity index (χ1) is 12.6. The number of hydrogen-bond acceptors (Lipinski definition) is 6. The summed E-state index contributed by atoms with van der Waals surface area (Å²) in [5.41, 5.74) is 0. The molecule has 2 amide bonds. The average molecular weight is 361 g/mol. The van der Waals surface area contributed by atoms with Crippen LogP contribution in [0.25, 0.3) is 0 Å². The topological polar surface area (TPSA) is 102 Å². The Morgan fingerprint density at radius 2 is 2.31 bits per heavy atom. The number of rotatable bonds is 6. The van der Waals surface area contributed by atoms with Crippen LogP contribution in [0, 0.1) is 0 Å². The number of amides is 2. The van der Waals surface area contributed by atoms with Crippen LogP contribution in [0.3, 0.4) is 0 Å². The fourth-order valence-electron chi connectivity index (χ4n) is 3.12. The molecule has 1 aliphatic heterocycles. The minimum Gasteiger partial charge on any atom is -0.339 e. The third kappa shape index (κ3) is 4.20. The molecule has 9 heteroatoms. The molecule has 1 aliphatic rings. The van der Waals surface area contributed by atoms with Crippen molar-refractivity contribution in [1.29, 1.82) is 0 Å². The second kappa shape index (κ2) is 8.29. The maximum Gasteiger partial charge on any atom is 0.317 e. The fraction of sp³-hybridized carbons (Fsp3) is 0.706. The van der Waals surface area contributed by atoms with Crippen LogP contribution in [0.4, 0.5) is 4.79 Å². The van der Waals surface area contributed by atoms with E-state index in [1.54, 1.807) is 6.33 Å². The number of hydrogen-bond donors (Lipinski definition) is 1. The highest BCUT2D eigenvalue weighted by atomic mass is 16.5. The number of nitrogens with one attached hydrogen (secondary N) is 1. The molecule has 0 aromatic carbocycles. The van der Waals surface area contributed by atoms with Gasteiger partial charge < -0.3 is 19.3 Å². The van der Waals surface area contributed by atoms with Gasteiger partial charge in [0.05, 0.1) is 12.5 Å². The van der Waals surface area contributed by atoms with Crippen molar-refractivity contribution in [2.75, 3.05) is 13.1 Å². The molecule has 0 saturated carbocycles. The monoisotopic (exact) mass is 361 g/mol. The van der Waals surface area contributed by atoms with Gasteiger partial charge >= 0.3 is 6.03 Å². The first-order valence-corrected chi connectivity index (χ1v) is 9.31. The van der Waals surface area contributed by atoms with Crippen LogP contribution in [0.1, 0.15) is 69.4 Å². The van der Waals surface area contributed by atoms with Gasteiger partial charge in [-0.25, -0.2) is 4.79 Å². The van der Waals surface area contributed by atoms with Crippen molar-refractivity contribution in [3.63, 3.8) is 0 Å². The number of piperidine rings is 1. The number of urea groups is 1. The molecule has 142 valence electrons. The lowest BCUT2D eigenvalue weighted by atomic mass is 9.98. The van der Waals surface area contributed by atoms with Gasteiger partial charge in [0, 0.05) is 25.6 Å². The van der Waals surface area contributed by atoms with Crippen LogP contribution in [-0.4, -0.2) is 48.9 Å². The maximum absolute atomic E-state index is 12.5. The molecule has 0 aliphatic carbocycles. The molecule has 9 nitrogen and oxygen atoms in total. The molecule has 0 bridgehead atoms. The van der Waals surface area contributed by atoms with Gasteiger partial charge in [-0.15, -0.1) is 10.2 Å². The Kier molecular flexibility index (Phi) is 5.85. The van der Waals surface area contributed by atoms with Gasteiger partial charge in [0.2, 0.25) is 5.89 Å². The third-order valence-corrected chi connectivity index (χ3v) is 4.59. The predicted octanol–water partition coefficient (Wildman–Crippen LogP) is 2.28. The van der Waals surface area contributed by atoms with Crippen molar-refractivity contribution in [1.82, 2.24) is 35.1 Å². The summed E-state index contributed by atoms with van der Waals surface area (Å²) in [6.07, 6.45) is 4.57. The first-order valence-electron chi connectivity index (χ1n) is 9.31. The summed E-state index contributed by atoms with van der Waals surface area (Å²) in [5, 5.41) is 15.0. The van der Waals surface area contributed by atoms with Gasteiger partial charge in [0.1, 0.15) is 6.33 Å². The summed E-state index contributed by atoms with van der Waals surface area (Å²) in [7, 11) is 0. The highest BCUT2D eigenvalue weighted by molar-refractivity contribution is 5.74. The molecule has 1 N–H and O–H groups in total. The lowest BCUT2D eigenvalue weighted by Crippen LogP contribution is -2.45. The van der Waals surface area contributed by atoms with Crippen molar-refractivity contribution < 1.29 is 9.32 Å². The van der Waals surface area contributed by atoms with Crippen molar-refractivity contribution in [3.8, 4) is 0 Å². The van der Waals surface area contributed by atoms with E-state index in [4.69, 9.17) is 4.52 Å². The number of aryl methyl sites for hydroxylation is 1. The van der Waals surface area contributed by atoms with Gasteiger partial charge in [0.15, 0.2) is 11.6 Å². The minimum absolute atomic E-state index is 0.0932. The summed E-state index contributed by atoms with van der Waals surface area (Å²) in [6, 6.07) is -0.0932. The molecule has 26 heavy (non-hydrogen) atoms. The SMILES string of the molecule is CCCn1cnnc1CNC(=O)N1CCC[C@@H](c2nc(C(C)C)no2)C1. The van der Waals surface area contributed by atoms with E-state index in [1.165, 1.54) is 0 Å². The highest BCUT2D eigenvalue weighted by Gasteiger charge is 2.29. The molecule has 2 aromatic rings. The van der Waals surface area contributed by atoms with Crippen LogP contribution < -0.4 is 5.32 Å². The third-order valence-electron chi connectivity index (χ3n) is 4.59. The van der Waals surface area contributed by atoms with Gasteiger partial charge in [0.25, 0.3) is 0 Å². The van der Waals surface area contributed by atoms with Gasteiger partial charge in [-0.05, 0) is 19.3 Å². The van der Waals surface area contributed by atoms with Crippen LogP contribution >= 0.6 is 0 Å². The van der Waals surface area contributed by atoms with E-state index in [2.05, 4.69) is 32.6 Å². The van der Waals surface area contributed by atoms with Gasteiger partial charge in [-0.3, -0.25) is 0 Å².